The maximum Gasteiger partial charge on any atom is 0.0629 e. The van der Waals surface area contributed by atoms with Crippen LogP contribution in [0.2, 0.25) is 0 Å². The number of aliphatic hydroxyl groups is 1. The molecule has 3 N–H and O–H groups in total. The molecule has 2 unspecified atom stereocenters. The summed E-state index contributed by atoms with van der Waals surface area (Å²) in [6.45, 7) is 8.06. The van der Waals surface area contributed by atoms with Gasteiger partial charge in [-0.15, -0.1) is 0 Å². The summed E-state index contributed by atoms with van der Waals surface area (Å²) in [4.78, 5) is 2.29. The minimum atomic E-state index is -0.131. The van der Waals surface area contributed by atoms with Crippen LogP contribution in [0.3, 0.4) is 0 Å². The SMILES string of the molecule is CCCCCN(C(C)C)C(CO)C(N)COC. The molecule has 4 heteroatoms. The van der Waals surface area contributed by atoms with Gasteiger partial charge < -0.3 is 15.6 Å². The van der Waals surface area contributed by atoms with Crippen molar-refractivity contribution in [3.63, 3.8) is 0 Å². The van der Waals surface area contributed by atoms with Gasteiger partial charge in [-0.3, -0.25) is 4.90 Å². The number of ether oxygens (including phenoxy) is 1. The van der Waals surface area contributed by atoms with Crippen molar-refractivity contribution in [2.24, 2.45) is 5.73 Å². The van der Waals surface area contributed by atoms with E-state index in [4.69, 9.17) is 10.5 Å². The molecule has 0 aliphatic rings. The van der Waals surface area contributed by atoms with Gasteiger partial charge in [0, 0.05) is 19.2 Å². The van der Waals surface area contributed by atoms with E-state index in [-0.39, 0.29) is 18.7 Å². The van der Waals surface area contributed by atoms with E-state index in [9.17, 15) is 5.11 Å². The molecule has 0 saturated carbocycles. The van der Waals surface area contributed by atoms with E-state index in [1.54, 1.807) is 7.11 Å². The second-order valence-corrected chi connectivity index (χ2v) is 4.91. The van der Waals surface area contributed by atoms with E-state index in [1.807, 2.05) is 0 Å². The number of hydrogen-bond acceptors (Lipinski definition) is 4. The second-order valence-electron chi connectivity index (χ2n) is 4.91. The Morgan fingerprint density at radius 2 is 1.94 bits per heavy atom. The van der Waals surface area contributed by atoms with Crippen LogP contribution in [0.25, 0.3) is 0 Å². The van der Waals surface area contributed by atoms with E-state index in [2.05, 4.69) is 25.7 Å². The predicted octanol–water partition coefficient (Wildman–Crippen LogP) is 1.22. The van der Waals surface area contributed by atoms with Gasteiger partial charge >= 0.3 is 0 Å². The lowest BCUT2D eigenvalue weighted by atomic mass is 10.1. The molecule has 0 heterocycles. The standard InChI is InChI=1S/C13H30N2O2/c1-5-6-7-8-15(11(2)3)13(9-16)12(14)10-17-4/h11-13,16H,5-10,14H2,1-4H3. The summed E-state index contributed by atoms with van der Waals surface area (Å²) in [7, 11) is 1.64. The number of hydrogen-bond donors (Lipinski definition) is 2. The fourth-order valence-corrected chi connectivity index (χ4v) is 2.14. The molecule has 0 aromatic carbocycles. The molecular weight excluding hydrogens is 216 g/mol. The number of methoxy groups -OCH3 is 1. The van der Waals surface area contributed by atoms with Gasteiger partial charge in [0.05, 0.1) is 19.3 Å². The Morgan fingerprint density at radius 3 is 2.35 bits per heavy atom. The first kappa shape index (κ1) is 16.8. The van der Waals surface area contributed by atoms with Crippen molar-refractivity contribution < 1.29 is 9.84 Å². The second kappa shape index (κ2) is 9.83. The van der Waals surface area contributed by atoms with Gasteiger partial charge in [0.15, 0.2) is 0 Å². The van der Waals surface area contributed by atoms with Crippen molar-refractivity contribution in [3.8, 4) is 0 Å². The molecule has 0 fully saturated rings. The van der Waals surface area contributed by atoms with Gasteiger partial charge in [0.2, 0.25) is 0 Å². The average molecular weight is 246 g/mol. The van der Waals surface area contributed by atoms with Crippen molar-refractivity contribution >= 4 is 0 Å². The normalized spacial score (nSPS) is 15.5. The van der Waals surface area contributed by atoms with Gasteiger partial charge in [0.1, 0.15) is 0 Å². The highest BCUT2D eigenvalue weighted by Gasteiger charge is 2.25. The summed E-state index contributed by atoms with van der Waals surface area (Å²) < 4.78 is 5.08. The molecular formula is C13H30N2O2. The van der Waals surface area contributed by atoms with Crippen molar-refractivity contribution in [3.05, 3.63) is 0 Å². The average Bonchev–Trinajstić information content (AvgIpc) is 2.28. The highest BCUT2D eigenvalue weighted by Crippen LogP contribution is 2.11. The number of rotatable bonds is 10. The molecule has 0 aromatic rings. The first-order valence-corrected chi connectivity index (χ1v) is 6.69. The molecule has 0 aliphatic carbocycles. The highest BCUT2D eigenvalue weighted by atomic mass is 16.5. The Morgan fingerprint density at radius 1 is 1.29 bits per heavy atom. The van der Waals surface area contributed by atoms with Crippen LogP contribution in [0.5, 0.6) is 0 Å². The Balaban J connectivity index is 4.40. The molecule has 0 aliphatic heterocycles. The predicted molar refractivity (Wildman–Crippen MR) is 72.1 cm³/mol. The van der Waals surface area contributed by atoms with Gasteiger partial charge in [-0.1, -0.05) is 19.8 Å². The van der Waals surface area contributed by atoms with Crippen molar-refractivity contribution in [2.75, 3.05) is 26.9 Å². The number of nitrogens with two attached hydrogens (primary N) is 1. The van der Waals surface area contributed by atoms with Crippen LogP contribution in [0, 0.1) is 0 Å². The highest BCUT2D eigenvalue weighted by molar-refractivity contribution is 4.83. The van der Waals surface area contributed by atoms with E-state index in [0.717, 1.165) is 13.0 Å². The maximum atomic E-state index is 9.52. The monoisotopic (exact) mass is 246 g/mol. The quantitative estimate of drug-likeness (QED) is 0.569. The number of nitrogens with zero attached hydrogens (tertiary/aromatic N) is 1. The first-order valence-electron chi connectivity index (χ1n) is 6.69. The molecule has 4 nitrogen and oxygen atoms in total. The third-order valence-electron chi connectivity index (χ3n) is 3.15. The van der Waals surface area contributed by atoms with Gasteiger partial charge in [-0.2, -0.15) is 0 Å². The zero-order valence-corrected chi connectivity index (χ0v) is 11.9. The fourth-order valence-electron chi connectivity index (χ4n) is 2.14. The summed E-state index contributed by atoms with van der Waals surface area (Å²) in [5.41, 5.74) is 6.06. The summed E-state index contributed by atoms with van der Waals surface area (Å²) in [5.74, 6) is 0. The summed E-state index contributed by atoms with van der Waals surface area (Å²) in [5, 5.41) is 9.52. The first-order chi connectivity index (χ1) is 8.08. The smallest absolute Gasteiger partial charge is 0.0629 e. The van der Waals surface area contributed by atoms with Crippen LogP contribution < -0.4 is 5.73 Å². The zero-order valence-electron chi connectivity index (χ0n) is 11.9. The Hall–Kier alpha value is -0.160. The van der Waals surface area contributed by atoms with E-state index >= 15 is 0 Å². The lowest BCUT2D eigenvalue weighted by Crippen LogP contribution is -2.54. The van der Waals surface area contributed by atoms with E-state index in [1.165, 1.54) is 12.8 Å². The zero-order chi connectivity index (χ0) is 13.3. The fraction of sp³-hybridized carbons (Fsp3) is 1.00. The van der Waals surface area contributed by atoms with Crippen LogP contribution in [0.1, 0.15) is 40.0 Å². The van der Waals surface area contributed by atoms with Crippen LogP contribution in [-0.2, 0) is 4.74 Å². The minimum Gasteiger partial charge on any atom is -0.395 e. The Bertz CT molecular complexity index is 177. The lowest BCUT2D eigenvalue weighted by Gasteiger charge is -2.37. The third kappa shape index (κ3) is 6.36. The van der Waals surface area contributed by atoms with E-state index < -0.39 is 0 Å². The van der Waals surface area contributed by atoms with E-state index in [0.29, 0.717) is 12.6 Å². The molecule has 0 saturated heterocycles. The van der Waals surface area contributed by atoms with Crippen LogP contribution >= 0.6 is 0 Å². The molecule has 17 heavy (non-hydrogen) atoms. The molecule has 0 amide bonds. The molecule has 0 bridgehead atoms. The molecule has 0 rings (SSSR count). The van der Waals surface area contributed by atoms with Crippen LogP contribution in [-0.4, -0.2) is 55.0 Å². The molecule has 2 atom stereocenters. The van der Waals surface area contributed by atoms with Gasteiger partial charge in [-0.05, 0) is 26.8 Å². The third-order valence-corrected chi connectivity index (χ3v) is 3.15. The van der Waals surface area contributed by atoms with Crippen molar-refractivity contribution in [2.45, 2.75) is 58.2 Å². The van der Waals surface area contributed by atoms with Gasteiger partial charge in [-0.25, -0.2) is 0 Å². The minimum absolute atomic E-state index is 0.00759. The summed E-state index contributed by atoms with van der Waals surface area (Å²) in [6.07, 6.45) is 3.59. The van der Waals surface area contributed by atoms with Crippen molar-refractivity contribution in [1.29, 1.82) is 0 Å². The Kier molecular flexibility index (Phi) is 9.74. The molecule has 0 spiro atoms. The number of unbranched alkanes of at least 4 members (excludes halogenated alkanes) is 2. The molecule has 104 valence electrons. The van der Waals surface area contributed by atoms with Gasteiger partial charge in [0.25, 0.3) is 0 Å². The van der Waals surface area contributed by atoms with Crippen LogP contribution in [0.15, 0.2) is 0 Å². The summed E-state index contributed by atoms with van der Waals surface area (Å²) >= 11 is 0. The number of aliphatic hydroxyl groups excluding tert-OH is 1. The largest absolute Gasteiger partial charge is 0.395 e. The molecule has 0 radical (unpaired) electrons. The Labute approximate surface area is 106 Å². The summed E-state index contributed by atoms with van der Waals surface area (Å²) in [6, 6.07) is 0.257. The lowest BCUT2D eigenvalue weighted by molar-refractivity contribution is 0.0509. The molecule has 0 aromatic heterocycles. The van der Waals surface area contributed by atoms with Crippen molar-refractivity contribution in [1.82, 2.24) is 4.90 Å². The topological polar surface area (TPSA) is 58.7 Å². The maximum absolute atomic E-state index is 9.52. The van der Waals surface area contributed by atoms with Crippen LogP contribution in [0.4, 0.5) is 0 Å².